The summed E-state index contributed by atoms with van der Waals surface area (Å²) in [6.45, 7) is 4.33. The molecule has 2 aromatic rings. The molecule has 1 N–H and O–H groups in total. The smallest absolute Gasteiger partial charge is 0.307 e. The van der Waals surface area contributed by atoms with Gasteiger partial charge in [0.05, 0.1) is 6.42 Å². The molecule has 0 radical (unpaired) electrons. The predicted molar refractivity (Wildman–Crippen MR) is 92.3 cm³/mol. The lowest BCUT2D eigenvalue weighted by atomic mass is 9.98. The van der Waals surface area contributed by atoms with E-state index in [1.807, 2.05) is 30.3 Å². The van der Waals surface area contributed by atoms with Crippen LogP contribution in [-0.2, 0) is 24.1 Å². The second-order valence-electron chi connectivity index (χ2n) is 5.67. The Balaban J connectivity index is 2.36. The summed E-state index contributed by atoms with van der Waals surface area (Å²) in [5.74, 6) is 0.617. The standard InChI is InChI=1S/C20H24O3/c1-3-8-15-11-7-13-19(17(15)9-4-2)23-18-12-6-5-10-16(18)14-20(21)22/h5-7,10-13H,3-4,8-9,14H2,1-2H3,(H,21,22). The maximum atomic E-state index is 11.0. The fraction of sp³-hybridized carbons (Fsp3) is 0.350. The molecule has 0 amide bonds. The van der Waals surface area contributed by atoms with Crippen molar-refractivity contribution in [2.24, 2.45) is 0 Å². The van der Waals surface area contributed by atoms with Crippen LogP contribution in [-0.4, -0.2) is 11.1 Å². The van der Waals surface area contributed by atoms with E-state index in [-0.39, 0.29) is 6.42 Å². The van der Waals surface area contributed by atoms with Crippen LogP contribution < -0.4 is 4.74 Å². The van der Waals surface area contributed by atoms with E-state index in [1.165, 1.54) is 11.1 Å². The number of carboxylic acid groups (broad SMARTS) is 1. The van der Waals surface area contributed by atoms with Crippen molar-refractivity contribution in [1.82, 2.24) is 0 Å². The first-order valence-corrected chi connectivity index (χ1v) is 8.24. The molecule has 0 saturated carbocycles. The Kier molecular flexibility index (Phi) is 6.21. The van der Waals surface area contributed by atoms with Crippen molar-refractivity contribution < 1.29 is 14.6 Å². The number of hydrogen-bond acceptors (Lipinski definition) is 2. The summed E-state index contributed by atoms with van der Waals surface area (Å²) in [6.07, 6.45) is 4.10. The van der Waals surface area contributed by atoms with Crippen LogP contribution in [0.1, 0.15) is 43.4 Å². The summed E-state index contributed by atoms with van der Waals surface area (Å²) in [6, 6.07) is 13.5. The molecule has 0 atom stereocenters. The van der Waals surface area contributed by atoms with E-state index in [0.717, 1.165) is 31.4 Å². The Hall–Kier alpha value is -2.29. The topological polar surface area (TPSA) is 46.5 Å². The van der Waals surface area contributed by atoms with Crippen molar-refractivity contribution >= 4 is 5.97 Å². The van der Waals surface area contributed by atoms with Crippen LogP contribution in [0, 0.1) is 0 Å². The fourth-order valence-electron chi connectivity index (χ4n) is 2.77. The van der Waals surface area contributed by atoms with E-state index in [0.29, 0.717) is 11.3 Å². The van der Waals surface area contributed by atoms with E-state index in [1.54, 1.807) is 6.07 Å². The average molecular weight is 312 g/mol. The van der Waals surface area contributed by atoms with Gasteiger partial charge in [0.25, 0.3) is 0 Å². The van der Waals surface area contributed by atoms with E-state index in [9.17, 15) is 4.79 Å². The zero-order chi connectivity index (χ0) is 16.7. The molecule has 122 valence electrons. The zero-order valence-corrected chi connectivity index (χ0v) is 13.8. The van der Waals surface area contributed by atoms with Crippen molar-refractivity contribution in [2.75, 3.05) is 0 Å². The first-order valence-electron chi connectivity index (χ1n) is 8.24. The SMILES string of the molecule is CCCc1cccc(Oc2ccccc2CC(=O)O)c1CCC. The van der Waals surface area contributed by atoms with Gasteiger partial charge in [0.15, 0.2) is 0 Å². The predicted octanol–water partition coefficient (Wildman–Crippen LogP) is 5.01. The number of ether oxygens (including phenoxy) is 1. The highest BCUT2D eigenvalue weighted by molar-refractivity contribution is 5.71. The highest BCUT2D eigenvalue weighted by Gasteiger charge is 2.12. The fourth-order valence-corrected chi connectivity index (χ4v) is 2.77. The minimum Gasteiger partial charge on any atom is -0.481 e. The Morgan fingerprint density at radius 1 is 0.913 bits per heavy atom. The van der Waals surface area contributed by atoms with Gasteiger partial charge in [-0.1, -0.05) is 57.0 Å². The first kappa shape index (κ1) is 17.1. The maximum absolute atomic E-state index is 11.0. The molecule has 2 aromatic carbocycles. The average Bonchev–Trinajstić information content (AvgIpc) is 2.52. The van der Waals surface area contributed by atoms with Crippen molar-refractivity contribution in [3.63, 3.8) is 0 Å². The van der Waals surface area contributed by atoms with Gasteiger partial charge in [0.1, 0.15) is 11.5 Å². The van der Waals surface area contributed by atoms with Crippen LogP contribution in [0.4, 0.5) is 0 Å². The molecule has 0 aliphatic rings. The Morgan fingerprint density at radius 3 is 2.26 bits per heavy atom. The van der Waals surface area contributed by atoms with Crippen LogP contribution in [0.25, 0.3) is 0 Å². The maximum Gasteiger partial charge on any atom is 0.307 e. The number of rotatable bonds is 8. The highest BCUT2D eigenvalue weighted by Crippen LogP contribution is 2.31. The molecule has 3 nitrogen and oxygen atoms in total. The monoisotopic (exact) mass is 312 g/mol. The summed E-state index contributed by atoms with van der Waals surface area (Å²) in [7, 11) is 0. The molecule has 0 bridgehead atoms. The molecule has 0 aliphatic carbocycles. The van der Waals surface area contributed by atoms with E-state index in [2.05, 4.69) is 19.9 Å². The third kappa shape index (κ3) is 4.59. The number of aryl methyl sites for hydroxylation is 1. The van der Waals surface area contributed by atoms with Crippen LogP contribution in [0.2, 0.25) is 0 Å². The van der Waals surface area contributed by atoms with Gasteiger partial charge >= 0.3 is 5.97 Å². The second kappa shape index (κ2) is 8.37. The summed E-state index contributed by atoms with van der Waals surface area (Å²) in [5.41, 5.74) is 3.26. The molecule has 0 aromatic heterocycles. The molecule has 0 spiro atoms. The zero-order valence-electron chi connectivity index (χ0n) is 13.8. The number of aliphatic carboxylic acids is 1. The Morgan fingerprint density at radius 2 is 1.57 bits per heavy atom. The van der Waals surface area contributed by atoms with Crippen LogP contribution in [0.3, 0.4) is 0 Å². The van der Waals surface area contributed by atoms with Crippen molar-refractivity contribution in [3.8, 4) is 11.5 Å². The molecular formula is C20H24O3. The Bertz CT molecular complexity index is 662. The minimum atomic E-state index is -0.852. The lowest BCUT2D eigenvalue weighted by Gasteiger charge is -2.16. The first-order chi connectivity index (χ1) is 11.2. The largest absolute Gasteiger partial charge is 0.481 e. The normalized spacial score (nSPS) is 10.5. The quantitative estimate of drug-likeness (QED) is 0.745. The highest BCUT2D eigenvalue weighted by atomic mass is 16.5. The molecule has 2 rings (SSSR count). The lowest BCUT2D eigenvalue weighted by molar-refractivity contribution is -0.136. The molecule has 0 heterocycles. The van der Waals surface area contributed by atoms with Crippen LogP contribution >= 0.6 is 0 Å². The number of hydrogen-bond donors (Lipinski definition) is 1. The molecule has 3 heteroatoms. The number of carbonyl (C=O) groups is 1. The molecule has 0 unspecified atom stereocenters. The van der Waals surface area contributed by atoms with E-state index >= 15 is 0 Å². The number of benzene rings is 2. The van der Waals surface area contributed by atoms with Crippen molar-refractivity contribution in [3.05, 3.63) is 59.2 Å². The van der Waals surface area contributed by atoms with Gasteiger partial charge in [-0.05, 0) is 36.1 Å². The van der Waals surface area contributed by atoms with Gasteiger partial charge < -0.3 is 9.84 Å². The molecule has 0 saturated heterocycles. The molecule has 0 aliphatic heterocycles. The van der Waals surface area contributed by atoms with E-state index < -0.39 is 5.97 Å². The Labute approximate surface area is 137 Å². The van der Waals surface area contributed by atoms with Gasteiger partial charge in [0, 0.05) is 5.56 Å². The van der Waals surface area contributed by atoms with Crippen molar-refractivity contribution in [1.29, 1.82) is 0 Å². The second-order valence-corrected chi connectivity index (χ2v) is 5.67. The molecule has 23 heavy (non-hydrogen) atoms. The van der Waals surface area contributed by atoms with E-state index in [4.69, 9.17) is 9.84 Å². The minimum absolute atomic E-state index is 0.0338. The number of carboxylic acids is 1. The summed E-state index contributed by atoms with van der Waals surface area (Å²) < 4.78 is 6.12. The van der Waals surface area contributed by atoms with Crippen LogP contribution in [0.5, 0.6) is 11.5 Å². The molecular weight excluding hydrogens is 288 g/mol. The van der Waals surface area contributed by atoms with Gasteiger partial charge in [0.2, 0.25) is 0 Å². The van der Waals surface area contributed by atoms with Crippen LogP contribution in [0.15, 0.2) is 42.5 Å². The van der Waals surface area contributed by atoms with Gasteiger partial charge in [-0.25, -0.2) is 0 Å². The van der Waals surface area contributed by atoms with Gasteiger partial charge in [-0.15, -0.1) is 0 Å². The third-order valence-corrected chi connectivity index (χ3v) is 3.78. The summed E-state index contributed by atoms with van der Waals surface area (Å²) in [4.78, 5) is 11.0. The third-order valence-electron chi connectivity index (χ3n) is 3.78. The van der Waals surface area contributed by atoms with Gasteiger partial charge in [-0.3, -0.25) is 4.79 Å². The number of para-hydroxylation sites is 1. The van der Waals surface area contributed by atoms with Crippen molar-refractivity contribution in [2.45, 2.75) is 46.0 Å². The lowest BCUT2D eigenvalue weighted by Crippen LogP contribution is -2.03. The molecule has 0 fully saturated rings. The van der Waals surface area contributed by atoms with Gasteiger partial charge in [-0.2, -0.15) is 0 Å². The summed E-state index contributed by atoms with van der Waals surface area (Å²) >= 11 is 0. The summed E-state index contributed by atoms with van der Waals surface area (Å²) in [5, 5.41) is 9.05.